The van der Waals surface area contributed by atoms with Crippen molar-refractivity contribution >= 4 is 21.6 Å². The van der Waals surface area contributed by atoms with Crippen molar-refractivity contribution in [1.82, 2.24) is 15.2 Å². The van der Waals surface area contributed by atoms with Crippen LogP contribution >= 0.6 is 11.3 Å². The van der Waals surface area contributed by atoms with E-state index in [0.717, 1.165) is 48.2 Å². The molecule has 0 spiro atoms. The number of aromatic nitrogens is 1. The maximum atomic E-state index is 5.31. The summed E-state index contributed by atoms with van der Waals surface area (Å²) in [5, 5.41) is 4.77. The van der Waals surface area contributed by atoms with E-state index in [1.54, 1.807) is 25.6 Å². The minimum absolute atomic E-state index is 0.337. The Hall–Kier alpha value is -2.15. The van der Waals surface area contributed by atoms with Gasteiger partial charge >= 0.3 is 0 Å². The summed E-state index contributed by atoms with van der Waals surface area (Å²) in [6, 6.07) is 14.7. The average Bonchev–Trinajstić information content (AvgIpc) is 3.09. The molecule has 0 radical (unpaired) electrons. The number of fused-ring (bicyclic) bond motifs is 1. The molecule has 136 valence electrons. The normalized spacial score (nSPS) is 18.2. The van der Waals surface area contributed by atoms with Crippen molar-refractivity contribution in [1.29, 1.82) is 0 Å². The molecule has 0 aliphatic carbocycles. The van der Waals surface area contributed by atoms with Gasteiger partial charge in [-0.15, -0.1) is 11.3 Å². The van der Waals surface area contributed by atoms with Crippen molar-refractivity contribution in [2.75, 3.05) is 33.9 Å². The van der Waals surface area contributed by atoms with Crippen LogP contribution in [0.2, 0.25) is 0 Å². The fraction of sp³-hybridized carbons (Fsp3) is 0.350. The van der Waals surface area contributed by atoms with Crippen LogP contribution in [0.3, 0.4) is 0 Å². The van der Waals surface area contributed by atoms with Crippen molar-refractivity contribution in [3.8, 4) is 11.5 Å². The zero-order valence-corrected chi connectivity index (χ0v) is 15.9. The Morgan fingerprint density at radius 1 is 1.12 bits per heavy atom. The molecule has 1 atom stereocenters. The fourth-order valence-electron chi connectivity index (χ4n) is 3.35. The Morgan fingerprint density at radius 3 is 2.65 bits per heavy atom. The van der Waals surface area contributed by atoms with E-state index >= 15 is 0 Å². The van der Waals surface area contributed by atoms with Gasteiger partial charge in [0, 0.05) is 25.7 Å². The molecule has 26 heavy (non-hydrogen) atoms. The lowest BCUT2D eigenvalue weighted by Crippen LogP contribution is -2.45. The molecule has 2 aromatic carbocycles. The summed E-state index contributed by atoms with van der Waals surface area (Å²) in [5.74, 6) is 1.78. The summed E-state index contributed by atoms with van der Waals surface area (Å²) in [6.45, 7) is 3.88. The van der Waals surface area contributed by atoms with Crippen LogP contribution < -0.4 is 14.8 Å². The van der Waals surface area contributed by atoms with E-state index in [0.29, 0.717) is 6.04 Å². The lowest BCUT2D eigenvalue weighted by atomic mass is 10.0. The Balaban J connectivity index is 1.46. The van der Waals surface area contributed by atoms with Crippen LogP contribution in [0.4, 0.5) is 0 Å². The lowest BCUT2D eigenvalue weighted by Gasteiger charge is -2.33. The van der Waals surface area contributed by atoms with Gasteiger partial charge in [-0.2, -0.15) is 0 Å². The molecule has 1 aliphatic rings. The third-order valence-electron chi connectivity index (χ3n) is 4.78. The number of methoxy groups -OCH3 is 2. The van der Waals surface area contributed by atoms with Crippen molar-refractivity contribution in [3.05, 3.63) is 53.0 Å². The van der Waals surface area contributed by atoms with Gasteiger partial charge in [0.05, 0.1) is 31.0 Å². The average molecular weight is 369 g/mol. The number of piperazine rings is 1. The Bertz CT molecular complexity index is 878. The summed E-state index contributed by atoms with van der Waals surface area (Å²) in [5.41, 5.74) is 2.34. The third kappa shape index (κ3) is 3.67. The second-order valence-electron chi connectivity index (χ2n) is 6.46. The molecule has 5 nitrogen and oxygen atoms in total. The fourth-order valence-corrected chi connectivity index (χ4v) is 4.39. The summed E-state index contributed by atoms with van der Waals surface area (Å²) in [4.78, 5) is 7.26. The number of nitrogens with zero attached hydrogens (tertiary/aromatic N) is 2. The van der Waals surface area contributed by atoms with Gasteiger partial charge < -0.3 is 14.8 Å². The van der Waals surface area contributed by atoms with Gasteiger partial charge in [-0.05, 0) is 35.9 Å². The van der Waals surface area contributed by atoms with Crippen molar-refractivity contribution < 1.29 is 9.47 Å². The minimum atomic E-state index is 0.337. The van der Waals surface area contributed by atoms with E-state index in [2.05, 4.69) is 28.4 Å². The maximum absolute atomic E-state index is 5.31. The molecule has 3 aromatic rings. The predicted molar refractivity (Wildman–Crippen MR) is 105 cm³/mol. The molecule has 1 fully saturated rings. The van der Waals surface area contributed by atoms with E-state index in [4.69, 9.17) is 14.5 Å². The van der Waals surface area contributed by atoms with Crippen molar-refractivity contribution in [2.45, 2.75) is 12.6 Å². The predicted octanol–water partition coefficient (Wildman–Crippen LogP) is 3.46. The number of hydrogen-bond donors (Lipinski definition) is 1. The monoisotopic (exact) mass is 369 g/mol. The van der Waals surface area contributed by atoms with Crippen molar-refractivity contribution in [2.24, 2.45) is 0 Å². The molecule has 1 saturated heterocycles. The van der Waals surface area contributed by atoms with E-state index < -0.39 is 0 Å². The molecule has 1 aromatic heterocycles. The van der Waals surface area contributed by atoms with Crippen LogP contribution in [-0.2, 0) is 6.54 Å². The van der Waals surface area contributed by atoms with Gasteiger partial charge in [-0.25, -0.2) is 4.98 Å². The molecule has 2 heterocycles. The largest absolute Gasteiger partial charge is 0.497 e. The smallest absolute Gasteiger partial charge is 0.120 e. The lowest BCUT2D eigenvalue weighted by molar-refractivity contribution is 0.193. The third-order valence-corrected chi connectivity index (χ3v) is 5.78. The second kappa shape index (κ2) is 7.61. The van der Waals surface area contributed by atoms with E-state index in [9.17, 15) is 0 Å². The van der Waals surface area contributed by atoms with E-state index in [-0.39, 0.29) is 0 Å². The standard InChI is InChI=1S/C20H23N3O2S/c1-24-15-5-3-14(4-6-15)18-12-23(10-9-21-18)13-20-22-17-8-7-16(25-2)11-19(17)26-20/h3-8,11,18,21H,9-10,12-13H2,1-2H3. The zero-order chi connectivity index (χ0) is 17.9. The highest BCUT2D eigenvalue weighted by atomic mass is 32.1. The maximum Gasteiger partial charge on any atom is 0.120 e. The van der Waals surface area contributed by atoms with Crippen LogP contribution in [0.1, 0.15) is 16.6 Å². The number of benzene rings is 2. The molecule has 1 N–H and O–H groups in total. The molecule has 4 rings (SSSR count). The van der Waals surface area contributed by atoms with Crippen LogP contribution in [0.25, 0.3) is 10.2 Å². The number of ether oxygens (including phenoxy) is 2. The SMILES string of the molecule is COc1ccc(C2CN(Cc3nc4ccc(OC)cc4s3)CCN2)cc1. The van der Waals surface area contributed by atoms with Crippen LogP contribution in [-0.4, -0.2) is 43.7 Å². The molecule has 0 saturated carbocycles. The van der Waals surface area contributed by atoms with Gasteiger partial charge in [-0.3, -0.25) is 4.90 Å². The Morgan fingerprint density at radius 2 is 1.88 bits per heavy atom. The van der Waals surface area contributed by atoms with E-state index in [1.165, 1.54) is 10.3 Å². The number of thiazole rings is 1. The van der Waals surface area contributed by atoms with Gasteiger partial charge in [-0.1, -0.05) is 12.1 Å². The van der Waals surface area contributed by atoms with Crippen LogP contribution in [0, 0.1) is 0 Å². The summed E-state index contributed by atoms with van der Waals surface area (Å²) in [7, 11) is 3.40. The summed E-state index contributed by atoms with van der Waals surface area (Å²) >= 11 is 1.75. The Labute approximate surface area is 157 Å². The van der Waals surface area contributed by atoms with Crippen LogP contribution in [0.5, 0.6) is 11.5 Å². The molecule has 0 bridgehead atoms. The first kappa shape index (κ1) is 17.3. The van der Waals surface area contributed by atoms with Gasteiger partial charge in [0.2, 0.25) is 0 Å². The van der Waals surface area contributed by atoms with Gasteiger partial charge in [0.25, 0.3) is 0 Å². The Kier molecular flexibility index (Phi) is 5.06. The highest BCUT2D eigenvalue weighted by Crippen LogP contribution is 2.28. The molecule has 1 aliphatic heterocycles. The molecule has 0 amide bonds. The first-order valence-corrected chi connectivity index (χ1v) is 9.60. The highest BCUT2D eigenvalue weighted by molar-refractivity contribution is 7.18. The summed E-state index contributed by atoms with van der Waals surface area (Å²) in [6.07, 6.45) is 0. The number of rotatable bonds is 5. The van der Waals surface area contributed by atoms with E-state index in [1.807, 2.05) is 24.3 Å². The quantitative estimate of drug-likeness (QED) is 0.746. The molecule has 1 unspecified atom stereocenters. The summed E-state index contributed by atoms with van der Waals surface area (Å²) < 4.78 is 11.7. The molecule has 6 heteroatoms. The minimum Gasteiger partial charge on any atom is -0.497 e. The number of nitrogens with one attached hydrogen (secondary N) is 1. The first-order chi connectivity index (χ1) is 12.7. The highest BCUT2D eigenvalue weighted by Gasteiger charge is 2.21. The molecular weight excluding hydrogens is 346 g/mol. The van der Waals surface area contributed by atoms with Gasteiger partial charge in [0.1, 0.15) is 16.5 Å². The number of hydrogen-bond acceptors (Lipinski definition) is 6. The second-order valence-corrected chi connectivity index (χ2v) is 7.57. The van der Waals surface area contributed by atoms with Gasteiger partial charge in [0.15, 0.2) is 0 Å². The first-order valence-electron chi connectivity index (χ1n) is 8.78. The topological polar surface area (TPSA) is 46.6 Å². The zero-order valence-electron chi connectivity index (χ0n) is 15.1. The molecular formula is C20H23N3O2S. The van der Waals surface area contributed by atoms with Crippen LogP contribution in [0.15, 0.2) is 42.5 Å². The van der Waals surface area contributed by atoms with Crippen molar-refractivity contribution in [3.63, 3.8) is 0 Å².